The second-order valence-electron chi connectivity index (χ2n) is 5.84. The molecule has 0 saturated carbocycles. The highest BCUT2D eigenvalue weighted by molar-refractivity contribution is 5.79. The van der Waals surface area contributed by atoms with Gasteiger partial charge in [-0.1, -0.05) is 6.92 Å². The van der Waals surface area contributed by atoms with Gasteiger partial charge in [-0.3, -0.25) is 4.79 Å². The van der Waals surface area contributed by atoms with E-state index in [9.17, 15) is 9.90 Å². The van der Waals surface area contributed by atoms with Gasteiger partial charge in [0.05, 0.1) is 5.92 Å². The number of rotatable bonds is 2. The molecule has 17 heavy (non-hydrogen) atoms. The van der Waals surface area contributed by atoms with Crippen LogP contribution in [0, 0.1) is 11.3 Å². The van der Waals surface area contributed by atoms with Crippen LogP contribution in [0.15, 0.2) is 0 Å². The Morgan fingerprint density at radius 2 is 2.18 bits per heavy atom. The summed E-state index contributed by atoms with van der Waals surface area (Å²) in [7, 11) is 0. The van der Waals surface area contributed by atoms with Crippen molar-refractivity contribution in [2.24, 2.45) is 11.3 Å². The summed E-state index contributed by atoms with van der Waals surface area (Å²) in [6, 6.07) is 0. The van der Waals surface area contributed by atoms with Gasteiger partial charge in [0.25, 0.3) is 0 Å². The van der Waals surface area contributed by atoms with E-state index in [0.29, 0.717) is 5.91 Å². The third kappa shape index (κ3) is 2.99. The zero-order chi connectivity index (χ0) is 12.3. The third-order valence-corrected chi connectivity index (χ3v) is 4.31. The average molecular weight is 240 g/mol. The molecule has 1 unspecified atom stereocenters. The molecule has 2 aliphatic heterocycles. The number of carbonyl (C=O) groups excluding carboxylic acids is 1. The normalized spacial score (nSPS) is 29.1. The maximum absolute atomic E-state index is 12.3. The number of aliphatic hydroxyl groups excluding tert-OH is 1. The number of carbonyl (C=O) groups is 1. The van der Waals surface area contributed by atoms with Crippen LogP contribution >= 0.6 is 0 Å². The molecule has 0 aromatic heterocycles. The predicted molar refractivity (Wildman–Crippen MR) is 66.6 cm³/mol. The number of hydrogen-bond donors (Lipinski definition) is 2. The van der Waals surface area contributed by atoms with Crippen molar-refractivity contribution in [3.05, 3.63) is 0 Å². The summed E-state index contributed by atoms with van der Waals surface area (Å²) in [5, 5.41) is 12.6. The molecule has 2 saturated heterocycles. The molecular formula is C13H24N2O2. The van der Waals surface area contributed by atoms with Crippen molar-refractivity contribution >= 4 is 5.91 Å². The molecule has 4 heteroatoms. The zero-order valence-electron chi connectivity index (χ0n) is 10.7. The molecule has 2 heterocycles. The first-order valence-electron chi connectivity index (χ1n) is 6.75. The van der Waals surface area contributed by atoms with E-state index in [1.165, 1.54) is 0 Å². The number of piperidine rings is 2. The molecule has 2 N–H and O–H groups in total. The van der Waals surface area contributed by atoms with Crippen LogP contribution in [0.3, 0.4) is 0 Å². The van der Waals surface area contributed by atoms with Crippen molar-refractivity contribution in [3.63, 3.8) is 0 Å². The van der Waals surface area contributed by atoms with Gasteiger partial charge >= 0.3 is 0 Å². The first kappa shape index (κ1) is 12.8. The minimum atomic E-state index is 0.0294. The topological polar surface area (TPSA) is 52.6 Å². The molecule has 2 aliphatic rings. The SMILES string of the molecule is CC1(CO)CCN(C(=O)C2CCCNC2)CC1. The number of hydrogen-bond acceptors (Lipinski definition) is 3. The molecule has 0 spiro atoms. The van der Waals surface area contributed by atoms with E-state index in [4.69, 9.17) is 0 Å². The first-order chi connectivity index (χ1) is 8.14. The van der Waals surface area contributed by atoms with Gasteiger partial charge in [-0.2, -0.15) is 0 Å². The summed E-state index contributed by atoms with van der Waals surface area (Å²) < 4.78 is 0. The molecule has 0 aliphatic carbocycles. The second-order valence-corrected chi connectivity index (χ2v) is 5.84. The van der Waals surface area contributed by atoms with E-state index in [-0.39, 0.29) is 17.9 Å². The van der Waals surface area contributed by atoms with E-state index in [0.717, 1.165) is 51.9 Å². The van der Waals surface area contributed by atoms with E-state index in [1.807, 2.05) is 4.90 Å². The molecule has 2 rings (SSSR count). The Hall–Kier alpha value is -0.610. The van der Waals surface area contributed by atoms with Crippen LogP contribution in [0.25, 0.3) is 0 Å². The van der Waals surface area contributed by atoms with E-state index >= 15 is 0 Å². The predicted octanol–water partition coefficient (Wildman–Crippen LogP) is 0.607. The minimum absolute atomic E-state index is 0.0294. The Labute approximate surface area is 103 Å². The van der Waals surface area contributed by atoms with Crippen LogP contribution in [0.1, 0.15) is 32.6 Å². The van der Waals surface area contributed by atoms with Crippen molar-refractivity contribution in [3.8, 4) is 0 Å². The quantitative estimate of drug-likeness (QED) is 0.743. The maximum atomic E-state index is 12.3. The highest BCUT2D eigenvalue weighted by atomic mass is 16.3. The molecule has 0 aromatic carbocycles. The van der Waals surface area contributed by atoms with Gasteiger partial charge in [0.1, 0.15) is 0 Å². The summed E-state index contributed by atoms with van der Waals surface area (Å²) in [5.41, 5.74) is 0.0294. The van der Waals surface area contributed by atoms with Gasteiger partial charge in [0.2, 0.25) is 5.91 Å². The van der Waals surface area contributed by atoms with E-state index in [2.05, 4.69) is 12.2 Å². The van der Waals surface area contributed by atoms with Gasteiger partial charge in [-0.15, -0.1) is 0 Å². The number of nitrogens with one attached hydrogen (secondary N) is 1. The van der Waals surface area contributed by atoms with Crippen molar-refractivity contribution in [1.29, 1.82) is 0 Å². The molecule has 0 bridgehead atoms. The monoisotopic (exact) mass is 240 g/mol. The molecule has 0 radical (unpaired) electrons. The van der Waals surface area contributed by atoms with Crippen LogP contribution in [0.2, 0.25) is 0 Å². The van der Waals surface area contributed by atoms with E-state index in [1.54, 1.807) is 0 Å². The molecule has 1 amide bonds. The number of likely N-dealkylation sites (tertiary alicyclic amines) is 1. The lowest BCUT2D eigenvalue weighted by Crippen LogP contribution is -2.48. The Balaban J connectivity index is 1.85. The lowest BCUT2D eigenvalue weighted by Gasteiger charge is -2.40. The van der Waals surface area contributed by atoms with Crippen LogP contribution in [-0.4, -0.2) is 48.7 Å². The number of aliphatic hydroxyl groups is 1. The highest BCUT2D eigenvalue weighted by Crippen LogP contribution is 2.31. The van der Waals surface area contributed by atoms with Gasteiger partial charge < -0.3 is 15.3 Å². The molecule has 98 valence electrons. The fourth-order valence-corrected chi connectivity index (χ4v) is 2.75. The second kappa shape index (κ2) is 5.36. The smallest absolute Gasteiger partial charge is 0.226 e. The largest absolute Gasteiger partial charge is 0.396 e. The molecule has 1 atom stereocenters. The number of nitrogens with zero attached hydrogens (tertiary/aromatic N) is 1. The molecular weight excluding hydrogens is 216 g/mol. The van der Waals surface area contributed by atoms with Gasteiger partial charge in [-0.25, -0.2) is 0 Å². The Bertz CT molecular complexity index is 267. The molecule has 2 fully saturated rings. The standard InChI is InChI=1S/C13H24N2O2/c1-13(10-16)4-7-15(8-5-13)12(17)11-3-2-6-14-9-11/h11,14,16H,2-10H2,1H3. The van der Waals surface area contributed by atoms with Crippen molar-refractivity contribution < 1.29 is 9.90 Å². The summed E-state index contributed by atoms with van der Waals surface area (Å²) in [5.74, 6) is 0.499. The highest BCUT2D eigenvalue weighted by Gasteiger charge is 2.33. The van der Waals surface area contributed by atoms with Crippen molar-refractivity contribution in [2.75, 3.05) is 32.8 Å². The maximum Gasteiger partial charge on any atom is 0.226 e. The fraction of sp³-hybridized carbons (Fsp3) is 0.923. The zero-order valence-corrected chi connectivity index (χ0v) is 10.7. The Morgan fingerprint density at radius 1 is 1.47 bits per heavy atom. The lowest BCUT2D eigenvalue weighted by molar-refractivity contribution is -0.138. The molecule has 4 nitrogen and oxygen atoms in total. The van der Waals surface area contributed by atoms with Crippen LogP contribution < -0.4 is 5.32 Å². The van der Waals surface area contributed by atoms with Crippen molar-refractivity contribution in [2.45, 2.75) is 32.6 Å². The average Bonchev–Trinajstić information content (AvgIpc) is 2.40. The van der Waals surface area contributed by atoms with Crippen LogP contribution in [0.4, 0.5) is 0 Å². The van der Waals surface area contributed by atoms with Crippen molar-refractivity contribution in [1.82, 2.24) is 10.2 Å². The Kier molecular flexibility index (Phi) is 4.05. The summed E-state index contributed by atoms with van der Waals surface area (Å²) >= 11 is 0. The summed E-state index contributed by atoms with van der Waals surface area (Å²) in [6.07, 6.45) is 3.99. The van der Waals surface area contributed by atoms with Gasteiger partial charge in [0, 0.05) is 26.2 Å². The van der Waals surface area contributed by atoms with E-state index < -0.39 is 0 Å². The lowest BCUT2D eigenvalue weighted by atomic mass is 9.81. The van der Waals surface area contributed by atoms with Gasteiger partial charge in [0.15, 0.2) is 0 Å². The van der Waals surface area contributed by atoms with Crippen LogP contribution in [-0.2, 0) is 4.79 Å². The van der Waals surface area contributed by atoms with Gasteiger partial charge in [-0.05, 0) is 37.6 Å². The minimum Gasteiger partial charge on any atom is -0.396 e. The summed E-state index contributed by atoms with van der Waals surface area (Å²) in [4.78, 5) is 14.3. The fourth-order valence-electron chi connectivity index (χ4n) is 2.75. The Morgan fingerprint density at radius 3 is 2.71 bits per heavy atom. The molecule has 0 aromatic rings. The number of amides is 1. The first-order valence-corrected chi connectivity index (χ1v) is 6.75. The summed E-state index contributed by atoms with van der Waals surface area (Å²) in [6.45, 7) is 5.86. The third-order valence-electron chi connectivity index (χ3n) is 4.31. The van der Waals surface area contributed by atoms with Crippen LogP contribution in [0.5, 0.6) is 0 Å².